The van der Waals surface area contributed by atoms with Crippen LogP contribution in [0.2, 0.25) is 0 Å². The van der Waals surface area contributed by atoms with Crippen molar-refractivity contribution in [2.75, 3.05) is 20.2 Å². The van der Waals surface area contributed by atoms with E-state index in [1.165, 1.54) is 0 Å². The largest absolute Gasteiger partial charge is 0.395 e. The molecule has 0 amide bonds. The van der Waals surface area contributed by atoms with Crippen molar-refractivity contribution in [1.82, 2.24) is 4.90 Å². The summed E-state index contributed by atoms with van der Waals surface area (Å²) in [6.45, 7) is 11.8. The molecule has 0 saturated carbocycles. The number of hydrogen-bond acceptors (Lipinski definition) is 3. The predicted octanol–water partition coefficient (Wildman–Crippen LogP) is 1.31. The Morgan fingerprint density at radius 1 is 1.27 bits per heavy atom. The molecule has 0 aromatic carbocycles. The van der Waals surface area contributed by atoms with E-state index in [0.717, 1.165) is 6.54 Å². The van der Waals surface area contributed by atoms with E-state index in [1.807, 2.05) is 7.05 Å². The first-order chi connectivity index (χ1) is 6.69. The molecule has 15 heavy (non-hydrogen) atoms. The first kappa shape index (κ1) is 14.9. The molecule has 0 saturated heterocycles. The van der Waals surface area contributed by atoms with Gasteiger partial charge in [0.25, 0.3) is 0 Å². The zero-order chi connectivity index (χ0) is 12.2. The summed E-state index contributed by atoms with van der Waals surface area (Å²) in [5, 5.41) is 9.39. The minimum atomic E-state index is 0.0300. The molecule has 3 heteroatoms. The maximum atomic E-state index is 9.39. The number of likely N-dealkylation sites (N-methyl/N-ethyl adjacent to an activating group) is 1. The van der Waals surface area contributed by atoms with Crippen molar-refractivity contribution in [1.29, 1.82) is 0 Å². The van der Waals surface area contributed by atoms with Crippen LogP contribution in [0.5, 0.6) is 0 Å². The Morgan fingerprint density at radius 3 is 2.00 bits per heavy atom. The SMILES string of the molecule is CC(C)C(N)C(CO)N(C)CC(C)(C)C. The zero-order valence-corrected chi connectivity index (χ0v) is 11.1. The summed E-state index contributed by atoms with van der Waals surface area (Å²) in [6, 6.07) is 0.0894. The van der Waals surface area contributed by atoms with Gasteiger partial charge < -0.3 is 10.8 Å². The topological polar surface area (TPSA) is 49.5 Å². The molecule has 0 heterocycles. The van der Waals surface area contributed by atoms with E-state index in [2.05, 4.69) is 39.5 Å². The number of aliphatic hydroxyl groups is 1. The van der Waals surface area contributed by atoms with Gasteiger partial charge in [0.15, 0.2) is 0 Å². The van der Waals surface area contributed by atoms with Crippen LogP contribution >= 0.6 is 0 Å². The Labute approximate surface area is 94.6 Å². The second kappa shape index (κ2) is 5.83. The van der Waals surface area contributed by atoms with Crippen LogP contribution in [0.3, 0.4) is 0 Å². The van der Waals surface area contributed by atoms with Crippen LogP contribution in [0.25, 0.3) is 0 Å². The molecule has 0 aliphatic heterocycles. The Balaban J connectivity index is 4.40. The van der Waals surface area contributed by atoms with Gasteiger partial charge in [0, 0.05) is 18.6 Å². The van der Waals surface area contributed by atoms with Crippen molar-refractivity contribution in [3.63, 3.8) is 0 Å². The molecule has 0 fully saturated rings. The third-order valence-corrected chi connectivity index (χ3v) is 2.69. The standard InChI is InChI=1S/C12H28N2O/c1-9(2)11(13)10(7-15)14(6)8-12(3,4)5/h9-11,15H,7-8,13H2,1-6H3. The summed E-state index contributed by atoms with van der Waals surface area (Å²) in [7, 11) is 2.04. The Kier molecular flexibility index (Phi) is 5.78. The average molecular weight is 216 g/mol. The summed E-state index contributed by atoms with van der Waals surface area (Å²) < 4.78 is 0. The van der Waals surface area contributed by atoms with Crippen LogP contribution in [-0.4, -0.2) is 42.3 Å². The summed E-state index contributed by atoms with van der Waals surface area (Å²) in [4.78, 5) is 2.17. The zero-order valence-electron chi connectivity index (χ0n) is 11.1. The van der Waals surface area contributed by atoms with Crippen molar-refractivity contribution in [3.8, 4) is 0 Å². The molecule has 2 atom stereocenters. The second-order valence-electron chi connectivity index (χ2n) is 6.05. The van der Waals surface area contributed by atoms with Gasteiger partial charge in [0.05, 0.1) is 6.61 Å². The van der Waals surface area contributed by atoms with Gasteiger partial charge in [-0.2, -0.15) is 0 Å². The van der Waals surface area contributed by atoms with Crippen LogP contribution in [0.1, 0.15) is 34.6 Å². The lowest BCUT2D eigenvalue weighted by molar-refractivity contribution is 0.0863. The summed E-state index contributed by atoms with van der Waals surface area (Å²) in [5.74, 6) is 0.393. The smallest absolute Gasteiger partial charge is 0.0601 e. The van der Waals surface area contributed by atoms with Crippen LogP contribution in [0.15, 0.2) is 0 Å². The van der Waals surface area contributed by atoms with Gasteiger partial charge in [-0.3, -0.25) is 4.90 Å². The Hall–Kier alpha value is -0.120. The molecule has 3 N–H and O–H groups in total. The third kappa shape index (κ3) is 5.50. The third-order valence-electron chi connectivity index (χ3n) is 2.69. The van der Waals surface area contributed by atoms with Gasteiger partial charge in [0.1, 0.15) is 0 Å². The highest BCUT2D eigenvalue weighted by Gasteiger charge is 2.26. The lowest BCUT2D eigenvalue weighted by atomic mass is 9.92. The van der Waals surface area contributed by atoms with Crippen molar-refractivity contribution in [3.05, 3.63) is 0 Å². The van der Waals surface area contributed by atoms with Crippen LogP contribution in [0.4, 0.5) is 0 Å². The van der Waals surface area contributed by atoms with E-state index in [4.69, 9.17) is 5.73 Å². The molecule has 92 valence electrons. The molecule has 0 radical (unpaired) electrons. The minimum absolute atomic E-state index is 0.0300. The van der Waals surface area contributed by atoms with E-state index < -0.39 is 0 Å². The molecule has 2 unspecified atom stereocenters. The fraction of sp³-hybridized carbons (Fsp3) is 1.00. The Morgan fingerprint density at radius 2 is 1.73 bits per heavy atom. The maximum absolute atomic E-state index is 9.39. The van der Waals surface area contributed by atoms with Gasteiger partial charge in [-0.1, -0.05) is 34.6 Å². The normalized spacial score (nSPS) is 17.2. The van der Waals surface area contributed by atoms with Gasteiger partial charge in [-0.15, -0.1) is 0 Å². The number of nitrogens with two attached hydrogens (primary N) is 1. The van der Waals surface area contributed by atoms with E-state index in [1.54, 1.807) is 0 Å². The van der Waals surface area contributed by atoms with Gasteiger partial charge in [-0.05, 0) is 18.4 Å². The molecule has 0 rings (SSSR count). The Bertz CT molecular complexity index is 175. The minimum Gasteiger partial charge on any atom is -0.395 e. The fourth-order valence-corrected chi connectivity index (χ4v) is 1.86. The van der Waals surface area contributed by atoms with Gasteiger partial charge in [-0.25, -0.2) is 0 Å². The first-order valence-corrected chi connectivity index (χ1v) is 5.75. The average Bonchev–Trinajstić information content (AvgIpc) is 2.01. The first-order valence-electron chi connectivity index (χ1n) is 5.75. The highest BCUT2D eigenvalue weighted by Crippen LogP contribution is 2.18. The van der Waals surface area contributed by atoms with Gasteiger partial charge in [0.2, 0.25) is 0 Å². The summed E-state index contributed by atoms with van der Waals surface area (Å²) >= 11 is 0. The number of aliphatic hydroxyl groups excluding tert-OH is 1. The molecular weight excluding hydrogens is 188 g/mol. The van der Waals surface area contributed by atoms with Crippen LogP contribution in [0, 0.1) is 11.3 Å². The lowest BCUT2D eigenvalue weighted by Gasteiger charge is -2.36. The predicted molar refractivity (Wildman–Crippen MR) is 65.8 cm³/mol. The molecule has 0 aromatic heterocycles. The molecule has 0 aromatic rings. The number of rotatable bonds is 5. The molecule has 3 nitrogen and oxygen atoms in total. The number of hydrogen-bond donors (Lipinski definition) is 2. The quantitative estimate of drug-likeness (QED) is 0.728. The van der Waals surface area contributed by atoms with Crippen molar-refractivity contribution >= 4 is 0 Å². The van der Waals surface area contributed by atoms with E-state index in [-0.39, 0.29) is 24.1 Å². The van der Waals surface area contributed by atoms with Crippen molar-refractivity contribution in [2.24, 2.45) is 17.1 Å². The van der Waals surface area contributed by atoms with E-state index in [0.29, 0.717) is 5.92 Å². The number of nitrogens with zero attached hydrogens (tertiary/aromatic N) is 1. The van der Waals surface area contributed by atoms with Crippen molar-refractivity contribution < 1.29 is 5.11 Å². The highest BCUT2D eigenvalue weighted by atomic mass is 16.3. The molecule has 0 bridgehead atoms. The van der Waals surface area contributed by atoms with E-state index in [9.17, 15) is 5.11 Å². The molecule has 0 aliphatic carbocycles. The molecule has 0 aliphatic rings. The lowest BCUT2D eigenvalue weighted by Crippen LogP contribution is -2.52. The summed E-state index contributed by atoms with van der Waals surface area (Å²) in [6.07, 6.45) is 0. The molecule has 0 spiro atoms. The van der Waals surface area contributed by atoms with Crippen LogP contribution < -0.4 is 5.73 Å². The second-order valence-corrected chi connectivity index (χ2v) is 6.05. The molecular formula is C12H28N2O. The van der Waals surface area contributed by atoms with Gasteiger partial charge >= 0.3 is 0 Å². The fourth-order valence-electron chi connectivity index (χ4n) is 1.86. The summed E-state index contributed by atoms with van der Waals surface area (Å²) in [5.41, 5.74) is 6.32. The van der Waals surface area contributed by atoms with E-state index >= 15 is 0 Å². The van der Waals surface area contributed by atoms with Crippen molar-refractivity contribution in [2.45, 2.75) is 46.7 Å². The van der Waals surface area contributed by atoms with Crippen LogP contribution in [-0.2, 0) is 0 Å². The highest BCUT2D eigenvalue weighted by molar-refractivity contribution is 4.84. The maximum Gasteiger partial charge on any atom is 0.0601 e. The monoisotopic (exact) mass is 216 g/mol.